The van der Waals surface area contributed by atoms with Crippen molar-refractivity contribution >= 4 is 32.9 Å². The first-order valence-corrected chi connectivity index (χ1v) is 5.98. The second-order valence-electron chi connectivity index (χ2n) is 3.95. The minimum absolute atomic E-state index is 0.0376. The largest absolute Gasteiger partial charge is 0.389 e. The maximum atomic E-state index is 11.1. The minimum atomic E-state index is -0.401. The molecule has 17 heavy (non-hydrogen) atoms. The standard InChI is InChI=1S/C10H9N3O3S/c14-6-3-12(4-6)7-1-2-8-9(11-5-17-8)10(7)13(15)16/h1-2,5-6,14H,3-4H2. The number of aliphatic hydroxyl groups is 1. The van der Waals surface area contributed by atoms with Crippen molar-refractivity contribution in [1.29, 1.82) is 0 Å². The van der Waals surface area contributed by atoms with Crippen molar-refractivity contribution in [3.8, 4) is 0 Å². The van der Waals surface area contributed by atoms with Crippen molar-refractivity contribution in [3.63, 3.8) is 0 Å². The Hall–Kier alpha value is -1.73. The van der Waals surface area contributed by atoms with Crippen LogP contribution in [0.15, 0.2) is 17.6 Å². The van der Waals surface area contributed by atoms with Gasteiger partial charge >= 0.3 is 5.69 Å². The molecule has 0 saturated carbocycles. The summed E-state index contributed by atoms with van der Waals surface area (Å²) in [5, 5.41) is 20.4. The van der Waals surface area contributed by atoms with Crippen molar-refractivity contribution in [2.75, 3.05) is 18.0 Å². The lowest BCUT2D eigenvalue weighted by molar-refractivity contribution is -0.382. The van der Waals surface area contributed by atoms with Gasteiger partial charge < -0.3 is 10.0 Å². The van der Waals surface area contributed by atoms with Crippen LogP contribution < -0.4 is 4.90 Å². The highest BCUT2D eigenvalue weighted by Gasteiger charge is 2.31. The third-order valence-electron chi connectivity index (χ3n) is 2.84. The third-order valence-corrected chi connectivity index (χ3v) is 3.63. The fourth-order valence-electron chi connectivity index (χ4n) is 1.99. The highest BCUT2D eigenvalue weighted by atomic mass is 32.1. The number of aliphatic hydroxyl groups excluding tert-OH is 1. The molecule has 1 N–H and O–H groups in total. The summed E-state index contributed by atoms with van der Waals surface area (Å²) < 4.78 is 0.807. The van der Waals surface area contributed by atoms with E-state index < -0.39 is 4.92 Å². The topological polar surface area (TPSA) is 79.5 Å². The number of fused-ring (bicyclic) bond motifs is 1. The minimum Gasteiger partial charge on any atom is -0.389 e. The zero-order chi connectivity index (χ0) is 12.0. The molecule has 1 aliphatic heterocycles. The average molecular weight is 251 g/mol. The Bertz CT molecular complexity index is 591. The molecular weight excluding hydrogens is 242 g/mol. The second-order valence-corrected chi connectivity index (χ2v) is 4.83. The molecule has 0 bridgehead atoms. The number of nitro benzene ring substituents is 1. The van der Waals surface area contributed by atoms with Crippen molar-refractivity contribution < 1.29 is 10.0 Å². The van der Waals surface area contributed by atoms with Crippen LogP contribution in [0.2, 0.25) is 0 Å². The zero-order valence-corrected chi connectivity index (χ0v) is 9.55. The monoisotopic (exact) mass is 251 g/mol. The fraction of sp³-hybridized carbons (Fsp3) is 0.300. The molecule has 0 spiro atoms. The van der Waals surface area contributed by atoms with Crippen LogP contribution in [-0.2, 0) is 0 Å². The second kappa shape index (κ2) is 3.64. The van der Waals surface area contributed by atoms with Crippen LogP contribution in [0.3, 0.4) is 0 Å². The van der Waals surface area contributed by atoms with Crippen molar-refractivity contribution in [1.82, 2.24) is 4.98 Å². The summed E-state index contributed by atoms with van der Waals surface area (Å²) in [4.78, 5) is 16.6. The molecule has 1 aromatic carbocycles. The van der Waals surface area contributed by atoms with Crippen LogP contribution >= 0.6 is 11.3 Å². The quantitative estimate of drug-likeness (QED) is 0.644. The smallest absolute Gasteiger partial charge is 0.319 e. The van der Waals surface area contributed by atoms with E-state index >= 15 is 0 Å². The van der Waals surface area contributed by atoms with Gasteiger partial charge in [-0.3, -0.25) is 10.1 Å². The lowest BCUT2D eigenvalue weighted by atomic mass is 10.1. The molecule has 1 aliphatic rings. The summed E-state index contributed by atoms with van der Waals surface area (Å²) in [5.41, 5.74) is 2.61. The van der Waals surface area contributed by atoms with Gasteiger partial charge in [0.2, 0.25) is 0 Å². The normalized spacial score (nSPS) is 16.2. The van der Waals surface area contributed by atoms with Gasteiger partial charge in [-0.15, -0.1) is 11.3 Å². The number of aromatic nitrogens is 1. The summed E-state index contributed by atoms with van der Waals surface area (Å²) in [7, 11) is 0. The van der Waals surface area contributed by atoms with Crippen LogP contribution in [0, 0.1) is 10.1 Å². The first kappa shape index (κ1) is 10.4. The van der Waals surface area contributed by atoms with Crippen LogP contribution in [0.4, 0.5) is 11.4 Å². The molecule has 1 fully saturated rings. The van der Waals surface area contributed by atoms with Crippen LogP contribution in [0.1, 0.15) is 0 Å². The van der Waals surface area contributed by atoms with Gasteiger partial charge in [0, 0.05) is 13.1 Å². The number of hydrogen-bond acceptors (Lipinski definition) is 6. The number of nitro groups is 1. The molecule has 7 heteroatoms. The number of benzene rings is 1. The molecule has 1 saturated heterocycles. The van der Waals surface area contributed by atoms with Crippen molar-refractivity contribution in [2.45, 2.75) is 6.10 Å². The Morgan fingerprint density at radius 1 is 1.53 bits per heavy atom. The van der Waals surface area contributed by atoms with Crippen molar-refractivity contribution in [2.24, 2.45) is 0 Å². The molecule has 0 amide bonds. The lowest BCUT2D eigenvalue weighted by Gasteiger charge is -2.37. The summed E-state index contributed by atoms with van der Waals surface area (Å²) >= 11 is 1.38. The van der Waals surface area contributed by atoms with E-state index in [2.05, 4.69) is 4.98 Å². The van der Waals surface area contributed by atoms with Gasteiger partial charge in [-0.1, -0.05) is 0 Å². The van der Waals surface area contributed by atoms with E-state index in [1.807, 2.05) is 6.07 Å². The highest BCUT2D eigenvalue weighted by molar-refractivity contribution is 7.16. The third kappa shape index (κ3) is 1.55. The maximum absolute atomic E-state index is 11.1. The van der Waals surface area contributed by atoms with E-state index in [9.17, 15) is 15.2 Å². The van der Waals surface area contributed by atoms with Gasteiger partial charge in [-0.2, -0.15) is 0 Å². The molecule has 6 nitrogen and oxygen atoms in total. The molecule has 0 aliphatic carbocycles. The highest BCUT2D eigenvalue weighted by Crippen LogP contribution is 2.38. The molecule has 0 atom stereocenters. The first-order valence-electron chi connectivity index (χ1n) is 5.10. The number of hydrogen-bond donors (Lipinski definition) is 1. The SMILES string of the molecule is O=[N+]([O-])c1c(N2CC(O)C2)ccc2scnc12. The number of anilines is 1. The molecule has 3 rings (SSSR count). The van der Waals surface area contributed by atoms with E-state index in [1.165, 1.54) is 11.3 Å². The lowest BCUT2D eigenvalue weighted by Crippen LogP contribution is -2.51. The van der Waals surface area contributed by atoms with Gasteiger partial charge in [0.1, 0.15) is 5.69 Å². The Labute approximate surface area is 100 Å². The Morgan fingerprint density at radius 3 is 2.94 bits per heavy atom. The predicted octanol–water partition coefficient (Wildman–Crippen LogP) is 1.39. The van der Waals surface area contributed by atoms with Gasteiger partial charge in [-0.05, 0) is 12.1 Å². The zero-order valence-electron chi connectivity index (χ0n) is 8.74. The van der Waals surface area contributed by atoms with Gasteiger partial charge in [0.05, 0.1) is 21.2 Å². The molecule has 0 unspecified atom stereocenters. The van der Waals surface area contributed by atoms with E-state index in [0.717, 1.165) is 4.70 Å². The number of β-amino-alcohol motifs (C(OH)–C–C–N with tert-alkyl or cyclic N) is 1. The van der Waals surface area contributed by atoms with Crippen LogP contribution in [-0.4, -0.2) is 34.2 Å². The average Bonchev–Trinajstić information content (AvgIpc) is 2.70. The van der Waals surface area contributed by atoms with E-state index in [1.54, 1.807) is 16.5 Å². The van der Waals surface area contributed by atoms with E-state index in [-0.39, 0.29) is 11.8 Å². The first-order chi connectivity index (χ1) is 8.16. The van der Waals surface area contributed by atoms with Gasteiger partial charge in [0.15, 0.2) is 5.52 Å². The van der Waals surface area contributed by atoms with Gasteiger partial charge in [0.25, 0.3) is 0 Å². The van der Waals surface area contributed by atoms with Crippen molar-refractivity contribution in [3.05, 3.63) is 27.8 Å². The fourth-order valence-corrected chi connectivity index (χ4v) is 2.67. The van der Waals surface area contributed by atoms with Crippen LogP contribution in [0.5, 0.6) is 0 Å². The summed E-state index contributed by atoms with van der Waals surface area (Å²) in [5.74, 6) is 0. The van der Waals surface area contributed by atoms with Gasteiger partial charge in [-0.25, -0.2) is 4.98 Å². The number of nitrogens with zero attached hydrogens (tertiary/aromatic N) is 3. The molecule has 88 valence electrons. The Morgan fingerprint density at radius 2 is 2.29 bits per heavy atom. The Kier molecular flexibility index (Phi) is 2.23. The summed E-state index contributed by atoms with van der Waals surface area (Å²) in [6, 6.07) is 3.56. The predicted molar refractivity (Wildman–Crippen MR) is 64.5 cm³/mol. The summed E-state index contributed by atoms with van der Waals surface area (Å²) in [6.07, 6.45) is -0.388. The summed E-state index contributed by atoms with van der Waals surface area (Å²) in [6.45, 7) is 0.882. The van der Waals surface area contributed by atoms with E-state index in [4.69, 9.17) is 0 Å². The number of rotatable bonds is 2. The molecule has 2 heterocycles. The Balaban J connectivity index is 2.16. The molecular formula is C10H9N3O3S. The molecule has 1 aromatic heterocycles. The van der Waals surface area contributed by atoms with Crippen LogP contribution in [0.25, 0.3) is 10.2 Å². The number of thiazole rings is 1. The molecule has 2 aromatic rings. The maximum Gasteiger partial charge on any atom is 0.319 e. The van der Waals surface area contributed by atoms with E-state index in [0.29, 0.717) is 24.3 Å². The molecule has 0 radical (unpaired) electrons.